The summed E-state index contributed by atoms with van der Waals surface area (Å²) in [6.45, 7) is 0. The molecule has 0 spiro atoms. The normalized spacial score (nSPS) is 7.00. The van der Waals surface area contributed by atoms with Gasteiger partial charge in [0.25, 0.3) is 0 Å². The molecule has 1 rings (SSSR count). The van der Waals surface area contributed by atoms with Gasteiger partial charge in [-0.15, -0.1) is 0 Å². The fourth-order valence-electron chi connectivity index (χ4n) is 0.856. The van der Waals surface area contributed by atoms with Gasteiger partial charge in [-0.1, -0.05) is 12.1 Å². The van der Waals surface area contributed by atoms with E-state index in [-0.39, 0.29) is 33.7 Å². The van der Waals surface area contributed by atoms with Crippen LogP contribution in [0.2, 0.25) is 0 Å². The minimum Gasteiger partial charge on any atom is -0.478 e. The highest BCUT2D eigenvalue weighted by atomic mass is 19.0. The van der Waals surface area contributed by atoms with E-state index >= 15 is 0 Å². The van der Waals surface area contributed by atoms with Gasteiger partial charge in [-0.05, 0) is 12.1 Å². The van der Waals surface area contributed by atoms with Crippen LogP contribution >= 0.6 is 0 Å². The van der Waals surface area contributed by atoms with Crippen LogP contribution in [0, 0.1) is 0 Å². The zero-order valence-electron chi connectivity index (χ0n) is 7.25. The van der Waals surface area contributed by atoms with Gasteiger partial charge in [-0.2, -0.15) is 0 Å². The van der Waals surface area contributed by atoms with Gasteiger partial charge in [0.1, 0.15) is 0 Å². The second kappa shape index (κ2) is 9.57. The molecule has 0 aliphatic heterocycles. The molecule has 0 fully saturated rings. The molecule has 1 aromatic carbocycles. The lowest BCUT2D eigenvalue weighted by Gasteiger charge is -1.98. The molecule has 1 aromatic rings. The molecule has 4 nitrogen and oxygen atoms in total. The highest BCUT2D eigenvalue weighted by molar-refractivity contribution is 6.01. The van der Waals surface area contributed by atoms with E-state index in [0.717, 1.165) is 0 Å². The third-order valence-electron chi connectivity index (χ3n) is 1.39. The predicted octanol–water partition coefficient (Wildman–Crippen LogP) is 0.357. The fraction of sp³-hybridized carbons (Fsp3) is 0. The van der Waals surface area contributed by atoms with Crippen molar-refractivity contribution < 1.29 is 33.9 Å². The lowest BCUT2D eigenvalue weighted by molar-refractivity contribution is 0.0651. The van der Waals surface area contributed by atoms with Gasteiger partial charge < -0.3 is 10.2 Å². The fourth-order valence-corrected chi connectivity index (χ4v) is 0.856. The molecule has 0 saturated carbocycles. The molecule has 0 amide bonds. The van der Waals surface area contributed by atoms with Crippen LogP contribution in [0.25, 0.3) is 0 Å². The van der Waals surface area contributed by atoms with Crippen molar-refractivity contribution in [3.05, 3.63) is 35.4 Å². The first-order valence-corrected chi connectivity index (χ1v) is 3.18. The summed E-state index contributed by atoms with van der Waals surface area (Å²) >= 11 is 0. The molecule has 0 unspecified atom stereocenters. The summed E-state index contributed by atoms with van der Waals surface area (Å²) in [5.41, 5.74) is -0.380. The second-order valence-corrected chi connectivity index (χ2v) is 2.16. The summed E-state index contributed by atoms with van der Waals surface area (Å²) in [5.74, 6) is -2.46. The maximum Gasteiger partial charge on any atom is 0.336 e. The van der Waals surface area contributed by atoms with Crippen LogP contribution in [0.3, 0.4) is 0 Å². The summed E-state index contributed by atoms with van der Waals surface area (Å²) in [6, 6.07) is 5.48. The molecule has 8 heteroatoms. The third kappa shape index (κ3) is 5.04. The number of aromatic carboxylic acids is 2. The maximum atomic E-state index is 10.5. The number of halogens is 3. The molecule has 0 heterocycles. The van der Waals surface area contributed by atoms with Crippen molar-refractivity contribution in [1.82, 2.24) is 0 Å². The van der Waals surface area contributed by atoms with Gasteiger partial charge >= 0.3 is 11.9 Å². The van der Waals surface area contributed by atoms with Gasteiger partial charge in [-0.25, -0.2) is 9.59 Å². The Hall–Kier alpha value is -1.99. The number of carbonyl (C=O) groups is 2. The minimum absolute atomic E-state index is 0. The van der Waals surface area contributed by atoms with E-state index in [1.807, 2.05) is 0 Å². The molecule has 0 radical (unpaired) electrons. The Kier molecular flexibility index (Phi) is 14.2. The Bertz CT molecular complexity index is 313. The zero-order chi connectivity index (χ0) is 9.14. The highest BCUT2D eigenvalue weighted by Crippen LogP contribution is 2.07. The summed E-state index contributed by atoms with van der Waals surface area (Å²) in [7, 11) is 0. The van der Waals surface area contributed by atoms with E-state index in [9.17, 15) is 9.59 Å². The number of hydrogen-bond acceptors (Lipinski definition) is 2. The van der Waals surface area contributed by atoms with Gasteiger partial charge in [0.2, 0.25) is 0 Å². The van der Waals surface area contributed by atoms with Gasteiger partial charge in [-0.3, -0.25) is 14.1 Å². The van der Waals surface area contributed by atoms with Crippen LogP contribution in [0.4, 0.5) is 14.1 Å². The third-order valence-corrected chi connectivity index (χ3v) is 1.39. The second-order valence-electron chi connectivity index (χ2n) is 2.16. The van der Waals surface area contributed by atoms with Crippen molar-refractivity contribution in [1.29, 1.82) is 0 Å². The first kappa shape index (κ1) is 23.7. The van der Waals surface area contributed by atoms with E-state index in [4.69, 9.17) is 10.2 Å². The SMILES string of the molecule is B.F.F.F.O=C(O)c1ccccc1C(=O)O. The molecule has 2 N–H and O–H groups in total. The highest BCUT2D eigenvalue weighted by Gasteiger charge is 2.13. The predicted molar refractivity (Wildman–Crippen MR) is 57.8 cm³/mol. The Labute approximate surface area is 90.6 Å². The Morgan fingerprint density at radius 1 is 0.812 bits per heavy atom. The lowest BCUT2D eigenvalue weighted by atomic mass is 10.1. The van der Waals surface area contributed by atoms with Crippen LogP contribution in [-0.2, 0) is 0 Å². The Morgan fingerprint density at radius 2 is 1.06 bits per heavy atom. The van der Waals surface area contributed by atoms with E-state index < -0.39 is 11.9 Å². The molecule has 16 heavy (non-hydrogen) atoms. The largest absolute Gasteiger partial charge is 0.478 e. The summed E-state index contributed by atoms with van der Waals surface area (Å²) in [4.78, 5) is 20.9. The maximum absolute atomic E-state index is 10.5. The molecule has 0 atom stereocenters. The average molecular weight is 240 g/mol. The van der Waals surface area contributed by atoms with Gasteiger partial charge in [0.15, 0.2) is 0 Å². The van der Waals surface area contributed by atoms with E-state index in [1.165, 1.54) is 24.3 Å². The first-order chi connectivity index (χ1) is 5.63. The van der Waals surface area contributed by atoms with Crippen molar-refractivity contribution in [3.63, 3.8) is 0 Å². The van der Waals surface area contributed by atoms with Crippen LogP contribution in [0.5, 0.6) is 0 Å². The van der Waals surface area contributed by atoms with Crippen molar-refractivity contribution in [3.8, 4) is 0 Å². The number of rotatable bonds is 2. The summed E-state index contributed by atoms with van der Waals surface area (Å²) in [6.07, 6.45) is 0. The van der Waals surface area contributed by atoms with Crippen molar-refractivity contribution >= 4 is 20.4 Å². The first-order valence-electron chi connectivity index (χ1n) is 3.18. The lowest BCUT2D eigenvalue weighted by Crippen LogP contribution is -2.06. The van der Waals surface area contributed by atoms with Crippen LogP contribution in [0.15, 0.2) is 24.3 Å². The summed E-state index contributed by atoms with van der Waals surface area (Å²) in [5, 5.41) is 17.1. The average Bonchev–Trinajstić information content (AvgIpc) is 2.04. The monoisotopic (exact) mass is 240 g/mol. The van der Waals surface area contributed by atoms with Crippen molar-refractivity contribution in [2.24, 2.45) is 0 Å². The van der Waals surface area contributed by atoms with Crippen molar-refractivity contribution in [2.75, 3.05) is 0 Å². The van der Waals surface area contributed by atoms with Crippen LogP contribution < -0.4 is 0 Å². The standard InChI is InChI=1S/C8H6O4.BH3.3FH/c9-7(10)5-3-1-2-4-6(5)8(11)12;;;;/h1-4H,(H,9,10)(H,11,12);1H3;3*1H. The quantitative estimate of drug-likeness (QED) is 0.731. The topological polar surface area (TPSA) is 74.6 Å². The summed E-state index contributed by atoms with van der Waals surface area (Å²) < 4.78 is 0. The van der Waals surface area contributed by atoms with Gasteiger partial charge in [0.05, 0.1) is 19.5 Å². The molecule has 0 saturated heterocycles. The molecule has 0 bridgehead atoms. The number of carboxylic acid groups (broad SMARTS) is 2. The number of benzene rings is 1. The van der Waals surface area contributed by atoms with Crippen LogP contribution in [-0.4, -0.2) is 30.6 Å². The van der Waals surface area contributed by atoms with E-state index in [0.29, 0.717) is 0 Å². The van der Waals surface area contributed by atoms with Crippen molar-refractivity contribution in [2.45, 2.75) is 0 Å². The molecule has 0 aliphatic rings. The number of carboxylic acids is 2. The molecular weight excluding hydrogens is 228 g/mol. The smallest absolute Gasteiger partial charge is 0.336 e. The number of hydrogen-bond donors (Lipinski definition) is 2. The molecule has 0 aromatic heterocycles. The van der Waals surface area contributed by atoms with E-state index in [1.54, 1.807) is 0 Å². The Balaban J connectivity index is -0.000000180. The Morgan fingerprint density at radius 3 is 1.25 bits per heavy atom. The van der Waals surface area contributed by atoms with Gasteiger partial charge in [0, 0.05) is 0 Å². The molecular formula is C8H12BF3O4. The van der Waals surface area contributed by atoms with Crippen LogP contribution in [0.1, 0.15) is 20.7 Å². The molecule has 0 aliphatic carbocycles. The zero-order valence-corrected chi connectivity index (χ0v) is 7.25. The van der Waals surface area contributed by atoms with E-state index in [2.05, 4.69) is 0 Å². The minimum atomic E-state index is -1.23. The molecule has 92 valence electrons.